The Morgan fingerprint density at radius 1 is 0.481 bits per heavy atom. The van der Waals surface area contributed by atoms with Gasteiger partial charge in [-0.15, -0.1) is 0 Å². The van der Waals surface area contributed by atoms with Gasteiger partial charge in [0.25, 0.3) is 0 Å². The molecule has 4 aromatic heterocycles. The van der Waals surface area contributed by atoms with Crippen LogP contribution in [0.4, 0.5) is 0 Å². The molecule has 0 saturated heterocycles. The number of pyridine rings is 1. The maximum absolute atomic E-state index is 6.49. The van der Waals surface area contributed by atoms with E-state index in [9.17, 15) is 0 Å². The van der Waals surface area contributed by atoms with Crippen LogP contribution in [0.1, 0.15) is 11.1 Å². The van der Waals surface area contributed by atoms with Gasteiger partial charge in [-0.1, -0.05) is 91.0 Å². The van der Waals surface area contributed by atoms with E-state index in [-0.39, 0.29) is 0 Å². The number of benzene rings is 6. The minimum Gasteiger partial charge on any atom is -0.456 e. The van der Waals surface area contributed by atoms with Crippen LogP contribution in [0.25, 0.3) is 94.9 Å². The summed E-state index contributed by atoms with van der Waals surface area (Å²) in [6.07, 6.45) is 1.84. The molecule has 246 valence electrons. The maximum Gasteiger partial charge on any atom is 0.164 e. The van der Waals surface area contributed by atoms with Crippen LogP contribution in [0.3, 0.4) is 0 Å². The van der Waals surface area contributed by atoms with E-state index >= 15 is 0 Å². The fraction of sp³-hybridized carbons (Fsp3) is 0.0435. The molecule has 0 fully saturated rings. The van der Waals surface area contributed by atoms with Crippen LogP contribution in [-0.4, -0.2) is 24.5 Å². The van der Waals surface area contributed by atoms with E-state index in [0.29, 0.717) is 17.5 Å². The van der Waals surface area contributed by atoms with Crippen molar-refractivity contribution in [3.63, 3.8) is 0 Å². The number of hydrogen-bond acceptors (Lipinski definition) is 5. The van der Waals surface area contributed by atoms with Gasteiger partial charge in [0.05, 0.1) is 11.2 Å². The second kappa shape index (κ2) is 11.9. The Hall–Kier alpha value is -6.92. The zero-order valence-corrected chi connectivity index (χ0v) is 28.6. The molecule has 6 aromatic carbocycles. The van der Waals surface area contributed by atoms with Crippen LogP contribution >= 0.6 is 0 Å². The summed E-state index contributed by atoms with van der Waals surface area (Å²) < 4.78 is 8.69. The van der Waals surface area contributed by atoms with Crippen molar-refractivity contribution in [1.82, 2.24) is 24.5 Å². The fourth-order valence-electron chi connectivity index (χ4n) is 7.49. The summed E-state index contributed by atoms with van der Waals surface area (Å²) in [7, 11) is 0. The molecule has 0 aliphatic heterocycles. The summed E-state index contributed by atoms with van der Waals surface area (Å²) in [5.41, 5.74) is 12.1. The highest BCUT2D eigenvalue weighted by Crippen LogP contribution is 2.37. The summed E-state index contributed by atoms with van der Waals surface area (Å²) >= 11 is 0. The highest BCUT2D eigenvalue weighted by molar-refractivity contribution is 6.09. The molecule has 0 saturated carbocycles. The first kappa shape index (κ1) is 29.9. The third-order valence-corrected chi connectivity index (χ3v) is 10.1. The first-order valence-corrected chi connectivity index (χ1v) is 17.4. The van der Waals surface area contributed by atoms with Gasteiger partial charge in [-0.25, -0.2) is 19.9 Å². The normalized spacial score (nSPS) is 11.7. The van der Waals surface area contributed by atoms with Gasteiger partial charge in [0.2, 0.25) is 0 Å². The first-order valence-electron chi connectivity index (χ1n) is 17.4. The Morgan fingerprint density at radius 2 is 1.21 bits per heavy atom. The Labute approximate surface area is 299 Å². The number of furan rings is 1. The van der Waals surface area contributed by atoms with Crippen LogP contribution in [-0.2, 0) is 0 Å². The summed E-state index contributed by atoms with van der Waals surface area (Å²) in [4.78, 5) is 20.0. The molecule has 0 spiro atoms. The standard InChI is InChI=1S/C46H31N5O/c1-28-12-6-7-15-33(28)34-17-10-18-35(29(34)2)45-49-43(30-13-4-3-5-14-30)48-44(50-45)31-21-24-41-39(26-31)37-23-22-32(27-42(37)52-41)51-40-20-9-8-16-36(40)38-19-11-25-47-46(38)51/h3-27H,1-2H3. The van der Waals surface area contributed by atoms with Gasteiger partial charge in [-0.3, -0.25) is 4.57 Å². The summed E-state index contributed by atoms with van der Waals surface area (Å²) in [6.45, 7) is 4.30. The molecule has 0 bridgehead atoms. The van der Waals surface area contributed by atoms with Gasteiger partial charge in [-0.2, -0.15) is 0 Å². The van der Waals surface area contributed by atoms with E-state index in [1.807, 2.05) is 54.7 Å². The van der Waals surface area contributed by atoms with Crippen molar-refractivity contribution in [2.75, 3.05) is 0 Å². The Balaban J connectivity index is 1.12. The Morgan fingerprint density at radius 3 is 2.10 bits per heavy atom. The van der Waals surface area contributed by atoms with E-state index in [1.54, 1.807) is 0 Å². The second-order valence-electron chi connectivity index (χ2n) is 13.2. The number of nitrogens with zero attached hydrogens (tertiary/aromatic N) is 5. The predicted molar refractivity (Wildman–Crippen MR) is 210 cm³/mol. The maximum atomic E-state index is 6.49. The molecule has 0 aliphatic carbocycles. The third kappa shape index (κ3) is 4.80. The minimum absolute atomic E-state index is 0.605. The van der Waals surface area contributed by atoms with Gasteiger partial charge in [-0.05, 0) is 84.6 Å². The van der Waals surface area contributed by atoms with Gasteiger partial charge < -0.3 is 4.42 Å². The third-order valence-electron chi connectivity index (χ3n) is 10.1. The van der Waals surface area contributed by atoms with Crippen molar-refractivity contribution in [2.24, 2.45) is 0 Å². The molecular formula is C46H31N5O. The number of rotatable bonds is 5. The van der Waals surface area contributed by atoms with Crippen molar-refractivity contribution < 1.29 is 4.42 Å². The van der Waals surface area contributed by atoms with E-state index in [2.05, 4.69) is 115 Å². The summed E-state index contributed by atoms with van der Waals surface area (Å²) in [5.74, 6) is 1.87. The molecule has 6 heteroatoms. The van der Waals surface area contributed by atoms with Gasteiger partial charge in [0, 0.05) is 50.5 Å². The van der Waals surface area contributed by atoms with Crippen molar-refractivity contribution in [3.05, 3.63) is 163 Å². The van der Waals surface area contributed by atoms with Gasteiger partial charge in [0.15, 0.2) is 17.5 Å². The highest BCUT2D eigenvalue weighted by atomic mass is 16.3. The van der Waals surface area contributed by atoms with Crippen molar-refractivity contribution in [2.45, 2.75) is 13.8 Å². The number of hydrogen-bond donors (Lipinski definition) is 0. The van der Waals surface area contributed by atoms with E-state index < -0.39 is 0 Å². The molecule has 10 rings (SSSR count). The molecule has 10 aromatic rings. The summed E-state index contributed by atoms with van der Waals surface area (Å²) in [5, 5.41) is 4.31. The largest absolute Gasteiger partial charge is 0.456 e. The zero-order valence-electron chi connectivity index (χ0n) is 28.6. The highest BCUT2D eigenvalue weighted by Gasteiger charge is 2.19. The van der Waals surface area contributed by atoms with Crippen LogP contribution in [0.15, 0.2) is 156 Å². The molecule has 6 nitrogen and oxygen atoms in total. The average Bonchev–Trinajstić information content (AvgIpc) is 3.73. The number of para-hydroxylation sites is 1. The van der Waals surface area contributed by atoms with Crippen molar-refractivity contribution >= 4 is 43.9 Å². The van der Waals surface area contributed by atoms with E-state index in [0.717, 1.165) is 66.4 Å². The predicted octanol–water partition coefficient (Wildman–Crippen LogP) is 11.5. The molecule has 0 unspecified atom stereocenters. The lowest BCUT2D eigenvalue weighted by Gasteiger charge is -2.14. The quantitative estimate of drug-likeness (QED) is 0.182. The molecule has 0 aliphatic rings. The molecule has 0 amide bonds. The average molecular weight is 670 g/mol. The first-order chi connectivity index (χ1) is 25.6. The van der Waals surface area contributed by atoms with Crippen molar-refractivity contribution in [3.8, 4) is 51.0 Å². The van der Waals surface area contributed by atoms with Crippen LogP contribution in [0, 0.1) is 13.8 Å². The molecule has 0 N–H and O–H groups in total. The van der Waals surface area contributed by atoms with E-state index in [4.69, 9.17) is 24.4 Å². The van der Waals surface area contributed by atoms with Crippen molar-refractivity contribution in [1.29, 1.82) is 0 Å². The zero-order chi connectivity index (χ0) is 34.8. The number of aryl methyl sites for hydroxylation is 1. The SMILES string of the molecule is Cc1ccccc1-c1cccc(-c2nc(-c3ccccc3)nc(-c3ccc4oc5cc(-n6c7ccccc7c7cccnc76)ccc5c4c3)n2)c1C. The smallest absolute Gasteiger partial charge is 0.164 e. The Bertz CT molecular complexity index is 2940. The molecule has 0 atom stereocenters. The molecule has 52 heavy (non-hydrogen) atoms. The lowest BCUT2D eigenvalue weighted by Crippen LogP contribution is -2.01. The topological polar surface area (TPSA) is 69.6 Å². The lowest BCUT2D eigenvalue weighted by atomic mass is 9.93. The lowest BCUT2D eigenvalue weighted by molar-refractivity contribution is 0.668. The Kier molecular flexibility index (Phi) is 6.83. The number of fused-ring (bicyclic) bond motifs is 6. The molecule has 0 radical (unpaired) electrons. The monoisotopic (exact) mass is 669 g/mol. The minimum atomic E-state index is 0.605. The molecular weight excluding hydrogens is 639 g/mol. The summed E-state index contributed by atoms with van der Waals surface area (Å²) in [6, 6.07) is 50.0. The second-order valence-corrected chi connectivity index (χ2v) is 13.2. The van der Waals surface area contributed by atoms with Crippen LogP contribution in [0.2, 0.25) is 0 Å². The molecule has 4 heterocycles. The fourth-order valence-corrected chi connectivity index (χ4v) is 7.49. The number of aromatic nitrogens is 5. The van der Waals surface area contributed by atoms with Gasteiger partial charge >= 0.3 is 0 Å². The van der Waals surface area contributed by atoms with Crippen LogP contribution in [0.5, 0.6) is 0 Å². The van der Waals surface area contributed by atoms with E-state index in [1.165, 1.54) is 22.1 Å². The van der Waals surface area contributed by atoms with Crippen LogP contribution < -0.4 is 0 Å². The van der Waals surface area contributed by atoms with Gasteiger partial charge in [0.1, 0.15) is 16.8 Å².